The summed E-state index contributed by atoms with van der Waals surface area (Å²) >= 11 is 6.34. The quantitative estimate of drug-likeness (QED) is 0.361. The molecule has 238 valence electrons. The number of nitrogens with zero attached hydrogens (tertiary/aromatic N) is 1. The number of benzene rings is 2. The summed E-state index contributed by atoms with van der Waals surface area (Å²) in [6.45, 7) is 9.50. The first kappa shape index (κ1) is 32.6. The van der Waals surface area contributed by atoms with E-state index in [1.807, 2.05) is 31.2 Å². The smallest absolute Gasteiger partial charge is 0.264 e. The predicted molar refractivity (Wildman–Crippen MR) is 177 cm³/mol. The number of amides is 1. The van der Waals surface area contributed by atoms with Crippen molar-refractivity contribution in [3.63, 3.8) is 0 Å². The first-order chi connectivity index (χ1) is 21.1. The predicted octanol–water partition coefficient (Wildman–Crippen LogP) is 7.09. The number of methoxy groups -OCH3 is 1. The van der Waals surface area contributed by atoms with Gasteiger partial charge in [-0.25, -0.2) is 13.1 Å². The van der Waals surface area contributed by atoms with Crippen molar-refractivity contribution in [2.24, 2.45) is 17.8 Å². The average molecular weight is 641 g/mol. The van der Waals surface area contributed by atoms with Crippen LogP contribution in [0.25, 0.3) is 0 Å². The van der Waals surface area contributed by atoms with Gasteiger partial charge in [-0.15, -0.1) is 6.58 Å². The lowest BCUT2D eigenvalue weighted by atomic mass is 9.63. The minimum Gasteiger partial charge on any atom is -0.487 e. The summed E-state index contributed by atoms with van der Waals surface area (Å²) in [6, 6.07) is 11.2. The Labute approximate surface area is 267 Å². The highest BCUT2D eigenvalue weighted by molar-refractivity contribution is 7.90. The maximum Gasteiger partial charge on any atom is 0.264 e. The molecule has 5 atom stereocenters. The van der Waals surface area contributed by atoms with Crippen molar-refractivity contribution in [1.82, 2.24) is 4.72 Å². The van der Waals surface area contributed by atoms with Gasteiger partial charge in [-0.05, 0) is 111 Å². The van der Waals surface area contributed by atoms with E-state index in [-0.39, 0.29) is 17.4 Å². The maximum atomic E-state index is 13.4. The van der Waals surface area contributed by atoms with E-state index in [1.165, 1.54) is 5.56 Å². The van der Waals surface area contributed by atoms with Crippen LogP contribution in [0, 0.1) is 17.8 Å². The van der Waals surface area contributed by atoms with Gasteiger partial charge in [-0.1, -0.05) is 42.8 Å². The Kier molecular flexibility index (Phi) is 10.1. The fourth-order valence-electron chi connectivity index (χ4n) is 6.93. The standard InChI is InChI=1S/C35H45ClN2O5S/c1-5-17-35(42-4)18-8-9-24(2)25(3)44(40,41)37-34(39)27-13-16-33-32(21-27)38(22-28-12-15-31(28)35)19-7-6-10-26-20-30(36)14-11-29(26)23-43-33/h5,8,11,13-14,16,18,20-21,24-25,28,31H,1,6-7,9-10,12,15,17,19,22-23H2,2-4H3,(H,37,39)/b18-8+/t24-,25+,28-,31+,35+/m0/s1. The van der Waals surface area contributed by atoms with E-state index in [2.05, 4.69) is 28.4 Å². The number of ether oxygens (including phenoxy) is 2. The summed E-state index contributed by atoms with van der Waals surface area (Å²) in [4.78, 5) is 15.7. The third-order valence-electron chi connectivity index (χ3n) is 10.0. The van der Waals surface area contributed by atoms with E-state index in [4.69, 9.17) is 21.1 Å². The van der Waals surface area contributed by atoms with Gasteiger partial charge < -0.3 is 14.4 Å². The molecule has 1 saturated carbocycles. The van der Waals surface area contributed by atoms with Crippen LogP contribution in [0.4, 0.5) is 5.69 Å². The molecule has 2 aliphatic heterocycles. The number of carbonyl (C=O) groups excluding carboxylic acids is 1. The minimum atomic E-state index is -3.93. The number of halogens is 1. The van der Waals surface area contributed by atoms with Crippen molar-refractivity contribution in [2.75, 3.05) is 25.1 Å². The molecule has 0 saturated heterocycles. The summed E-state index contributed by atoms with van der Waals surface area (Å²) in [5, 5.41) is -0.0595. The van der Waals surface area contributed by atoms with E-state index in [9.17, 15) is 13.2 Å². The number of aryl methyl sites for hydroxylation is 1. The summed E-state index contributed by atoms with van der Waals surface area (Å²) in [5.41, 5.74) is 2.84. The molecule has 1 aliphatic carbocycles. The summed E-state index contributed by atoms with van der Waals surface area (Å²) in [5.74, 6) is 0.445. The molecule has 2 heterocycles. The van der Waals surface area contributed by atoms with Crippen molar-refractivity contribution < 1.29 is 22.7 Å². The monoisotopic (exact) mass is 640 g/mol. The second-order valence-corrected chi connectivity index (χ2v) is 15.2. The molecule has 2 aromatic rings. The number of fused-ring (bicyclic) bond motifs is 3. The molecule has 0 spiro atoms. The molecular formula is C35H45ClN2O5S. The van der Waals surface area contributed by atoms with Gasteiger partial charge in [0.1, 0.15) is 12.4 Å². The number of hydrogen-bond donors (Lipinski definition) is 1. The lowest BCUT2D eigenvalue weighted by molar-refractivity contribution is -0.0727. The van der Waals surface area contributed by atoms with Gasteiger partial charge in [0.2, 0.25) is 10.0 Å². The topological polar surface area (TPSA) is 84.9 Å². The Morgan fingerprint density at radius 2 is 1.98 bits per heavy atom. The second kappa shape index (κ2) is 13.7. The zero-order valence-corrected chi connectivity index (χ0v) is 27.6. The Morgan fingerprint density at radius 3 is 2.70 bits per heavy atom. The summed E-state index contributed by atoms with van der Waals surface area (Å²) in [7, 11) is -2.16. The van der Waals surface area contributed by atoms with E-state index in [0.29, 0.717) is 36.1 Å². The molecule has 0 aromatic heterocycles. The zero-order valence-electron chi connectivity index (χ0n) is 26.1. The van der Waals surface area contributed by atoms with Crippen LogP contribution in [0.2, 0.25) is 5.02 Å². The summed E-state index contributed by atoms with van der Waals surface area (Å²) < 4.78 is 41.7. The van der Waals surface area contributed by atoms with E-state index in [1.54, 1.807) is 32.2 Å². The Bertz CT molecular complexity index is 1510. The molecule has 1 fully saturated rings. The maximum absolute atomic E-state index is 13.4. The van der Waals surface area contributed by atoms with Crippen molar-refractivity contribution in [1.29, 1.82) is 0 Å². The number of hydrogen-bond acceptors (Lipinski definition) is 6. The summed E-state index contributed by atoms with van der Waals surface area (Å²) in [6.07, 6.45) is 12.2. The molecule has 44 heavy (non-hydrogen) atoms. The average Bonchev–Trinajstić information content (AvgIpc) is 3.01. The lowest BCUT2D eigenvalue weighted by Crippen LogP contribution is -2.51. The number of sulfonamides is 1. The first-order valence-electron chi connectivity index (χ1n) is 15.8. The molecule has 9 heteroatoms. The van der Waals surface area contributed by atoms with Crippen LogP contribution in [-0.2, 0) is 27.8 Å². The molecule has 7 nitrogen and oxygen atoms in total. The van der Waals surface area contributed by atoms with E-state index >= 15 is 0 Å². The largest absolute Gasteiger partial charge is 0.487 e. The van der Waals surface area contributed by atoms with E-state index < -0.39 is 26.8 Å². The van der Waals surface area contributed by atoms with Crippen LogP contribution in [0.15, 0.2) is 61.2 Å². The van der Waals surface area contributed by atoms with Crippen LogP contribution in [-0.4, -0.2) is 45.4 Å². The molecule has 0 unspecified atom stereocenters. The third-order valence-corrected chi connectivity index (χ3v) is 12.2. The zero-order chi connectivity index (χ0) is 31.5. The highest BCUT2D eigenvalue weighted by Gasteiger charge is 2.46. The van der Waals surface area contributed by atoms with Gasteiger partial charge in [-0.3, -0.25) is 4.79 Å². The Hall–Kier alpha value is -2.81. The fraction of sp³-hybridized carbons (Fsp3) is 0.514. The molecular weight excluding hydrogens is 596 g/mol. The van der Waals surface area contributed by atoms with Crippen LogP contribution in [0.3, 0.4) is 0 Å². The van der Waals surface area contributed by atoms with Crippen molar-refractivity contribution in [3.05, 3.63) is 82.9 Å². The molecule has 1 amide bonds. The second-order valence-electron chi connectivity index (χ2n) is 12.7. The minimum absolute atomic E-state index is 0.214. The van der Waals surface area contributed by atoms with Crippen LogP contribution >= 0.6 is 11.6 Å². The molecule has 0 radical (unpaired) electrons. The molecule has 5 rings (SSSR count). The Morgan fingerprint density at radius 1 is 1.16 bits per heavy atom. The number of carbonyl (C=O) groups is 1. The normalized spacial score (nSPS) is 29.8. The van der Waals surface area contributed by atoms with Crippen molar-refractivity contribution >= 4 is 33.2 Å². The Balaban J connectivity index is 1.58. The highest BCUT2D eigenvalue weighted by Crippen LogP contribution is 2.47. The van der Waals surface area contributed by atoms with Gasteiger partial charge in [0.25, 0.3) is 5.91 Å². The van der Waals surface area contributed by atoms with Gasteiger partial charge in [0.15, 0.2) is 0 Å². The van der Waals surface area contributed by atoms with Crippen LogP contribution in [0.5, 0.6) is 5.75 Å². The van der Waals surface area contributed by atoms with Crippen molar-refractivity contribution in [2.45, 2.75) is 76.3 Å². The lowest BCUT2D eigenvalue weighted by Gasteiger charge is -2.49. The molecule has 2 aromatic carbocycles. The van der Waals surface area contributed by atoms with Gasteiger partial charge in [0, 0.05) is 30.8 Å². The van der Waals surface area contributed by atoms with Gasteiger partial charge in [0.05, 0.1) is 16.5 Å². The molecule has 1 N–H and O–H groups in total. The van der Waals surface area contributed by atoms with E-state index in [0.717, 1.165) is 56.4 Å². The fourth-order valence-corrected chi connectivity index (χ4v) is 8.41. The SMILES string of the molecule is C=CC[C@@]1(OC)/C=C/C[C@H](C)[C@@H](C)S(=O)(=O)NC(=O)c2ccc3c(c2)N(CCCCc2cc(Cl)ccc2CO3)C[C@@H]2CC[C@H]21. The number of nitrogens with one attached hydrogen (secondary N) is 1. The van der Waals surface area contributed by atoms with Crippen molar-refractivity contribution in [3.8, 4) is 5.75 Å². The van der Waals surface area contributed by atoms with Crippen LogP contribution < -0.4 is 14.4 Å². The number of anilines is 1. The third kappa shape index (κ3) is 6.87. The molecule has 3 aliphatic rings. The van der Waals surface area contributed by atoms with Gasteiger partial charge >= 0.3 is 0 Å². The number of allylic oxidation sites excluding steroid dienone is 1. The first-order valence-corrected chi connectivity index (χ1v) is 17.7. The van der Waals surface area contributed by atoms with Crippen LogP contribution in [0.1, 0.15) is 73.9 Å². The van der Waals surface area contributed by atoms with Gasteiger partial charge in [-0.2, -0.15) is 0 Å². The highest BCUT2D eigenvalue weighted by atomic mass is 35.5. The number of rotatable bonds is 3. The molecule has 2 bridgehead atoms.